The molecule has 0 fully saturated rings. The molecule has 5 heteroatoms. The number of ether oxygens (including phenoxy) is 1. The van der Waals surface area contributed by atoms with E-state index in [-0.39, 0.29) is 12.5 Å². The Hall–Kier alpha value is -2.66. The molecular formula is C24H31N3O2. The van der Waals surface area contributed by atoms with Gasteiger partial charge in [-0.3, -0.25) is 4.79 Å². The molecule has 29 heavy (non-hydrogen) atoms. The van der Waals surface area contributed by atoms with Crippen molar-refractivity contribution in [3.63, 3.8) is 0 Å². The Balaban J connectivity index is 1.66. The number of aromatic nitrogens is 2. The summed E-state index contributed by atoms with van der Waals surface area (Å²) in [6.45, 7) is 5.98. The number of carbonyl (C=O) groups is 1. The lowest BCUT2D eigenvalue weighted by molar-refractivity contribution is -0.124. The number of amides is 1. The summed E-state index contributed by atoms with van der Waals surface area (Å²) in [5.74, 6) is 1.08. The molecule has 0 atom stereocenters. The van der Waals surface area contributed by atoms with Crippen LogP contribution in [0.5, 0.6) is 0 Å². The van der Waals surface area contributed by atoms with Gasteiger partial charge < -0.3 is 14.6 Å². The normalized spacial score (nSPS) is 11.1. The number of hydrogen-bond acceptors (Lipinski definition) is 3. The van der Waals surface area contributed by atoms with Crippen molar-refractivity contribution < 1.29 is 9.53 Å². The van der Waals surface area contributed by atoms with E-state index in [9.17, 15) is 4.79 Å². The summed E-state index contributed by atoms with van der Waals surface area (Å²) in [6, 6.07) is 15.0. The Morgan fingerprint density at radius 2 is 1.93 bits per heavy atom. The summed E-state index contributed by atoms with van der Waals surface area (Å²) in [5, 5.41) is 2.87. The first-order valence-electron chi connectivity index (χ1n) is 10.3. The van der Waals surface area contributed by atoms with Crippen LogP contribution in [0.25, 0.3) is 11.0 Å². The monoisotopic (exact) mass is 393 g/mol. The highest BCUT2D eigenvalue weighted by atomic mass is 16.5. The van der Waals surface area contributed by atoms with Gasteiger partial charge in [-0.2, -0.15) is 0 Å². The van der Waals surface area contributed by atoms with Gasteiger partial charge in [0.05, 0.1) is 11.0 Å². The zero-order chi connectivity index (χ0) is 20.6. The van der Waals surface area contributed by atoms with E-state index in [2.05, 4.69) is 60.1 Å². The van der Waals surface area contributed by atoms with Crippen LogP contribution in [-0.2, 0) is 22.5 Å². The van der Waals surface area contributed by atoms with Crippen LogP contribution in [0.15, 0.2) is 42.5 Å². The van der Waals surface area contributed by atoms with Gasteiger partial charge in [0, 0.05) is 26.6 Å². The van der Waals surface area contributed by atoms with E-state index >= 15 is 0 Å². The number of rotatable bonds is 10. The number of aryl methyl sites for hydroxylation is 3. The molecule has 1 amide bonds. The summed E-state index contributed by atoms with van der Waals surface area (Å²) >= 11 is 0. The molecule has 0 saturated heterocycles. The molecule has 1 N–H and O–H groups in total. The Kier molecular flexibility index (Phi) is 7.42. The molecule has 3 aromatic rings. The first-order chi connectivity index (χ1) is 14.1. The van der Waals surface area contributed by atoms with Crippen molar-refractivity contribution >= 4 is 16.9 Å². The van der Waals surface area contributed by atoms with Gasteiger partial charge in [0.2, 0.25) is 5.91 Å². The maximum atomic E-state index is 11.4. The van der Waals surface area contributed by atoms with E-state index in [1.807, 2.05) is 6.07 Å². The fraction of sp³-hybridized carbons (Fsp3) is 0.417. The molecule has 0 radical (unpaired) electrons. The average molecular weight is 394 g/mol. The third-order valence-corrected chi connectivity index (χ3v) is 5.24. The van der Waals surface area contributed by atoms with Gasteiger partial charge in [0.15, 0.2) is 0 Å². The molecule has 2 aromatic carbocycles. The van der Waals surface area contributed by atoms with Crippen LogP contribution in [-0.4, -0.2) is 35.7 Å². The first kappa shape index (κ1) is 21.1. The van der Waals surface area contributed by atoms with E-state index in [0.29, 0.717) is 6.54 Å². The first-order valence-corrected chi connectivity index (χ1v) is 10.3. The molecule has 0 bridgehead atoms. The van der Waals surface area contributed by atoms with Gasteiger partial charge in [-0.25, -0.2) is 4.98 Å². The van der Waals surface area contributed by atoms with Crippen molar-refractivity contribution in [3.8, 4) is 0 Å². The number of para-hydroxylation sites is 2. The minimum absolute atomic E-state index is 0.0529. The van der Waals surface area contributed by atoms with Crippen LogP contribution in [0.2, 0.25) is 0 Å². The van der Waals surface area contributed by atoms with Gasteiger partial charge in [-0.05, 0) is 49.9 Å². The topological polar surface area (TPSA) is 56.1 Å². The molecular weight excluding hydrogens is 362 g/mol. The molecule has 0 spiro atoms. The summed E-state index contributed by atoms with van der Waals surface area (Å²) in [4.78, 5) is 16.3. The maximum Gasteiger partial charge on any atom is 0.245 e. The highest BCUT2D eigenvalue weighted by Crippen LogP contribution is 2.21. The van der Waals surface area contributed by atoms with Crippen molar-refractivity contribution in [2.75, 3.05) is 20.3 Å². The molecule has 1 aromatic heterocycles. The Bertz CT molecular complexity index is 962. The zero-order valence-electron chi connectivity index (χ0n) is 17.7. The molecule has 3 rings (SSSR count). The average Bonchev–Trinajstić information content (AvgIpc) is 3.05. The van der Waals surface area contributed by atoms with Crippen molar-refractivity contribution in [3.05, 3.63) is 65.0 Å². The van der Waals surface area contributed by atoms with Crippen LogP contribution >= 0.6 is 0 Å². The van der Waals surface area contributed by atoms with Crippen molar-refractivity contribution in [1.82, 2.24) is 14.9 Å². The minimum atomic E-state index is -0.0529. The van der Waals surface area contributed by atoms with Gasteiger partial charge >= 0.3 is 0 Å². The molecule has 0 unspecified atom stereocenters. The second kappa shape index (κ2) is 10.2. The van der Waals surface area contributed by atoms with E-state index in [1.54, 1.807) is 0 Å². The standard InChI is InChI=1S/C24H31N3O2/c1-18-12-13-19(2)20(15-18)16-27-22-10-7-6-9-21(22)26-23(27)11-5-4-8-14-25-24(28)17-29-3/h6-7,9-10,12-13,15H,4-5,8,11,14,16-17H2,1-3H3,(H,25,28). The third kappa shape index (κ3) is 5.67. The second-order valence-electron chi connectivity index (χ2n) is 7.63. The van der Waals surface area contributed by atoms with E-state index in [1.165, 1.54) is 29.3 Å². The number of carbonyl (C=O) groups excluding carboxylic acids is 1. The molecule has 0 aliphatic rings. The van der Waals surface area contributed by atoms with Crippen LogP contribution in [0.1, 0.15) is 41.8 Å². The number of methoxy groups -OCH3 is 1. The SMILES string of the molecule is COCC(=O)NCCCCCc1nc2ccccc2n1Cc1cc(C)ccc1C. The van der Waals surface area contributed by atoms with Crippen molar-refractivity contribution in [1.29, 1.82) is 0 Å². The summed E-state index contributed by atoms with van der Waals surface area (Å²) in [5.41, 5.74) is 6.18. The fourth-order valence-electron chi connectivity index (χ4n) is 3.63. The highest BCUT2D eigenvalue weighted by molar-refractivity contribution is 5.77. The van der Waals surface area contributed by atoms with Crippen molar-refractivity contribution in [2.24, 2.45) is 0 Å². The number of nitrogens with zero attached hydrogens (tertiary/aromatic N) is 2. The lowest BCUT2D eigenvalue weighted by Gasteiger charge is -2.12. The molecule has 1 heterocycles. The zero-order valence-corrected chi connectivity index (χ0v) is 17.7. The summed E-state index contributed by atoms with van der Waals surface area (Å²) in [7, 11) is 1.53. The molecule has 154 valence electrons. The maximum absolute atomic E-state index is 11.4. The lowest BCUT2D eigenvalue weighted by atomic mass is 10.1. The quantitative estimate of drug-likeness (QED) is 0.526. The van der Waals surface area contributed by atoms with Crippen LogP contribution in [0.4, 0.5) is 0 Å². The van der Waals surface area contributed by atoms with Crippen molar-refractivity contribution in [2.45, 2.75) is 46.1 Å². The number of imidazole rings is 1. The van der Waals surface area contributed by atoms with Crippen LogP contribution in [0, 0.1) is 13.8 Å². The molecule has 0 aliphatic heterocycles. The number of hydrogen-bond donors (Lipinski definition) is 1. The number of nitrogens with one attached hydrogen (secondary N) is 1. The van der Waals surface area contributed by atoms with E-state index in [4.69, 9.17) is 9.72 Å². The van der Waals surface area contributed by atoms with E-state index < -0.39 is 0 Å². The molecule has 5 nitrogen and oxygen atoms in total. The number of benzene rings is 2. The Morgan fingerprint density at radius 1 is 1.10 bits per heavy atom. The van der Waals surface area contributed by atoms with E-state index in [0.717, 1.165) is 43.6 Å². The predicted molar refractivity (Wildman–Crippen MR) is 117 cm³/mol. The van der Waals surface area contributed by atoms with Gasteiger partial charge in [-0.15, -0.1) is 0 Å². The second-order valence-corrected chi connectivity index (χ2v) is 7.63. The molecule has 0 aliphatic carbocycles. The van der Waals surface area contributed by atoms with Crippen LogP contribution < -0.4 is 5.32 Å². The highest BCUT2D eigenvalue weighted by Gasteiger charge is 2.12. The summed E-state index contributed by atoms with van der Waals surface area (Å²) in [6.07, 6.45) is 4.01. The number of unbranched alkanes of at least 4 members (excludes halogenated alkanes) is 2. The Morgan fingerprint density at radius 3 is 2.76 bits per heavy atom. The Labute approximate surface area is 173 Å². The van der Waals surface area contributed by atoms with Gasteiger partial charge in [0.1, 0.15) is 12.4 Å². The number of fused-ring (bicyclic) bond motifs is 1. The van der Waals surface area contributed by atoms with Gasteiger partial charge in [-0.1, -0.05) is 42.3 Å². The smallest absolute Gasteiger partial charge is 0.245 e. The minimum Gasteiger partial charge on any atom is -0.375 e. The predicted octanol–water partition coefficient (Wildman–Crippen LogP) is 4.18. The molecule has 0 saturated carbocycles. The third-order valence-electron chi connectivity index (χ3n) is 5.24. The largest absolute Gasteiger partial charge is 0.375 e. The van der Waals surface area contributed by atoms with Crippen LogP contribution in [0.3, 0.4) is 0 Å². The fourth-order valence-corrected chi connectivity index (χ4v) is 3.63. The van der Waals surface area contributed by atoms with Gasteiger partial charge in [0.25, 0.3) is 0 Å². The summed E-state index contributed by atoms with van der Waals surface area (Å²) < 4.78 is 7.18. The lowest BCUT2D eigenvalue weighted by Crippen LogP contribution is -2.27.